The van der Waals surface area contributed by atoms with Gasteiger partial charge in [-0.1, -0.05) is 0 Å². The number of aliphatic hydroxyl groups is 1. The van der Waals surface area contributed by atoms with Crippen molar-refractivity contribution in [3.05, 3.63) is 35.1 Å². The van der Waals surface area contributed by atoms with Crippen molar-refractivity contribution in [1.29, 1.82) is 0 Å². The van der Waals surface area contributed by atoms with Crippen molar-refractivity contribution in [3.8, 4) is 0 Å². The molecule has 1 rings (SSSR count). The van der Waals surface area contributed by atoms with Crippen LogP contribution in [0.3, 0.4) is 0 Å². The summed E-state index contributed by atoms with van der Waals surface area (Å²) in [6.07, 6.45) is -7.53. The van der Waals surface area contributed by atoms with Gasteiger partial charge >= 0.3 is 12.1 Å². The lowest BCUT2D eigenvalue weighted by Gasteiger charge is -2.14. The Labute approximate surface area is 93.3 Å². The molecule has 3 nitrogen and oxygen atoms in total. The molecule has 0 heterocycles. The Morgan fingerprint density at radius 2 is 1.94 bits per heavy atom. The molecule has 0 aliphatic carbocycles. The third kappa shape index (κ3) is 3.42. The number of carboxylic acid groups (broad SMARTS) is 1. The molecule has 0 amide bonds. The van der Waals surface area contributed by atoms with E-state index in [1.807, 2.05) is 0 Å². The van der Waals surface area contributed by atoms with E-state index < -0.39 is 41.6 Å². The van der Waals surface area contributed by atoms with Crippen LogP contribution in [0, 0.1) is 5.82 Å². The van der Waals surface area contributed by atoms with Crippen LogP contribution in [0.1, 0.15) is 11.1 Å². The second-order valence-corrected chi connectivity index (χ2v) is 3.36. The summed E-state index contributed by atoms with van der Waals surface area (Å²) >= 11 is 0. The lowest BCUT2D eigenvalue weighted by Crippen LogP contribution is -2.24. The van der Waals surface area contributed by atoms with Gasteiger partial charge in [0.15, 0.2) is 6.10 Å². The van der Waals surface area contributed by atoms with Crippen molar-refractivity contribution in [2.45, 2.75) is 18.7 Å². The highest BCUT2D eigenvalue weighted by molar-refractivity contribution is 5.72. The van der Waals surface area contributed by atoms with Crippen molar-refractivity contribution in [2.24, 2.45) is 0 Å². The molecule has 0 bridgehead atoms. The van der Waals surface area contributed by atoms with Crippen molar-refractivity contribution >= 4 is 5.97 Å². The first-order chi connectivity index (χ1) is 7.71. The normalized spacial score (nSPS) is 13.5. The van der Waals surface area contributed by atoms with E-state index in [1.165, 1.54) is 0 Å². The van der Waals surface area contributed by atoms with Crippen LogP contribution in [0.4, 0.5) is 17.6 Å². The average molecular weight is 252 g/mol. The molecule has 0 radical (unpaired) electrons. The van der Waals surface area contributed by atoms with E-state index >= 15 is 0 Å². The lowest BCUT2D eigenvalue weighted by molar-refractivity contribution is -0.147. The molecule has 0 aliphatic heterocycles. The van der Waals surface area contributed by atoms with Gasteiger partial charge in [0.05, 0.1) is 5.56 Å². The molecular formula is C10H8F4O3. The van der Waals surface area contributed by atoms with Crippen molar-refractivity contribution in [3.63, 3.8) is 0 Å². The first kappa shape index (κ1) is 13.4. The fraction of sp³-hybridized carbons (Fsp3) is 0.300. The Balaban J connectivity index is 3.12. The number of carbonyl (C=O) groups is 1. The summed E-state index contributed by atoms with van der Waals surface area (Å²) in [4.78, 5) is 10.3. The van der Waals surface area contributed by atoms with Crippen LogP contribution >= 0.6 is 0 Å². The molecule has 1 unspecified atom stereocenters. The Kier molecular flexibility index (Phi) is 3.72. The third-order valence-corrected chi connectivity index (χ3v) is 2.07. The maximum atomic E-state index is 12.8. The summed E-state index contributed by atoms with van der Waals surface area (Å²) in [5.41, 5.74) is -1.74. The van der Waals surface area contributed by atoms with Gasteiger partial charge in [-0.25, -0.2) is 9.18 Å². The van der Waals surface area contributed by atoms with Crippen LogP contribution in [0.2, 0.25) is 0 Å². The van der Waals surface area contributed by atoms with Crippen LogP contribution in [-0.2, 0) is 17.4 Å². The SMILES string of the molecule is O=C(O)C(O)Cc1cc(F)ccc1C(F)(F)F. The Bertz CT molecular complexity index is 428. The van der Waals surface area contributed by atoms with E-state index in [9.17, 15) is 22.4 Å². The summed E-state index contributed by atoms with van der Waals surface area (Å²) in [5.74, 6) is -2.59. The molecule has 1 aromatic carbocycles. The smallest absolute Gasteiger partial charge is 0.416 e. The largest absolute Gasteiger partial charge is 0.479 e. The van der Waals surface area contributed by atoms with Crippen LogP contribution in [0.25, 0.3) is 0 Å². The van der Waals surface area contributed by atoms with Gasteiger partial charge in [-0.2, -0.15) is 13.2 Å². The fourth-order valence-corrected chi connectivity index (χ4v) is 1.30. The minimum absolute atomic E-state index is 0.513. The maximum Gasteiger partial charge on any atom is 0.416 e. The van der Waals surface area contributed by atoms with Crippen LogP contribution in [-0.4, -0.2) is 22.3 Å². The third-order valence-electron chi connectivity index (χ3n) is 2.07. The Hall–Kier alpha value is -1.63. The highest BCUT2D eigenvalue weighted by Gasteiger charge is 2.34. The molecule has 1 aromatic rings. The van der Waals surface area contributed by atoms with E-state index in [1.54, 1.807) is 0 Å². The molecule has 2 N–H and O–H groups in total. The number of aliphatic carboxylic acids is 1. The summed E-state index contributed by atoms with van der Waals surface area (Å²) in [6.45, 7) is 0. The van der Waals surface area contributed by atoms with Gasteiger partial charge in [0, 0.05) is 6.42 Å². The molecular weight excluding hydrogens is 244 g/mol. The summed E-state index contributed by atoms with van der Waals surface area (Å²) < 4.78 is 50.2. The summed E-state index contributed by atoms with van der Waals surface area (Å²) in [5, 5.41) is 17.4. The predicted octanol–water partition coefficient (Wildman–Crippen LogP) is 1.83. The van der Waals surface area contributed by atoms with Gasteiger partial charge in [-0.3, -0.25) is 0 Å². The molecule has 7 heteroatoms. The number of alkyl halides is 3. The standard InChI is InChI=1S/C10H8F4O3/c11-6-1-2-7(10(12,13)14)5(3-6)4-8(15)9(16)17/h1-3,8,15H,4H2,(H,16,17). The Morgan fingerprint density at radius 1 is 1.35 bits per heavy atom. The topological polar surface area (TPSA) is 57.5 Å². The molecule has 0 saturated carbocycles. The van der Waals surface area contributed by atoms with Crippen molar-refractivity contribution in [1.82, 2.24) is 0 Å². The molecule has 1 atom stereocenters. The van der Waals surface area contributed by atoms with E-state index in [0.29, 0.717) is 18.2 Å². The Morgan fingerprint density at radius 3 is 2.41 bits per heavy atom. The summed E-state index contributed by atoms with van der Waals surface area (Å²) in [6, 6.07) is 1.70. The number of rotatable bonds is 3. The van der Waals surface area contributed by atoms with Gasteiger partial charge in [-0.05, 0) is 23.8 Å². The van der Waals surface area contributed by atoms with Crippen LogP contribution < -0.4 is 0 Å². The van der Waals surface area contributed by atoms with E-state index in [-0.39, 0.29) is 0 Å². The fourth-order valence-electron chi connectivity index (χ4n) is 1.30. The second kappa shape index (κ2) is 4.70. The van der Waals surface area contributed by atoms with Crippen LogP contribution in [0.15, 0.2) is 18.2 Å². The van der Waals surface area contributed by atoms with E-state index in [2.05, 4.69) is 0 Å². The number of halogens is 4. The minimum atomic E-state index is -4.72. The number of aliphatic hydroxyl groups excluding tert-OH is 1. The highest BCUT2D eigenvalue weighted by Crippen LogP contribution is 2.32. The first-order valence-electron chi connectivity index (χ1n) is 4.48. The molecule has 94 valence electrons. The zero-order chi connectivity index (χ0) is 13.2. The molecule has 0 aliphatic rings. The minimum Gasteiger partial charge on any atom is -0.479 e. The van der Waals surface area contributed by atoms with Gasteiger partial charge in [0.2, 0.25) is 0 Å². The zero-order valence-corrected chi connectivity index (χ0v) is 8.33. The summed E-state index contributed by atoms with van der Waals surface area (Å²) in [7, 11) is 0. The number of carboxylic acids is 1. The predicted molar refractivity (Wildman–Crippen MR) is 48.7 cm³/mol. The van der Waals surface area contributed by atoms with Crippen molar-refractivity contribution in [2.75, 3.05) is 0 Å². The van der Waals surface area contributed by atoms with Crippen molar-refractivity contribution < 1.29 is 32.6 Å². The molecule has 0 aromatic heterocycles. The average Bonchev–Trinajstić information content (AvgIpc) is 2.15. The molecule has 0 fully saturated rings. The zero-order valence-electron chi connectivity index (χ0n) is 8.33. The number of hydrogen-bond donors (Lipinski definition) is 2. The molecule has 17 heavy (non-hydrogen) atoms. The number of hydrogen-bond acceptors (Lipinski definition) is 2. The second-order valence-electron chi connectivity index (χ2n) is 3.36. The lowest BCUT2D eigenvalue weighted by atomic mass is 10.0. The quantitative estimate of drug-likeness (QED) is 0.807. The van der Waals surface area contributed by atoms with Gasteiger partial charge in [-0.15, -0.1) is 0 Å². The first-order valence-corrected chi connectivity index (χ1v) is 4.48. The number of benzene rings is 1. The van der Waals surface area contributed by atoms with E-state index in [0.717, 1.165) is 0 Å². The van der Waals surface area contributed by atoms with Crippen LogP contribution in [0.5, 0.6) is 0 Å². The highest BCUT2D eigenvalue weighted by atomic mass is 19.4. The van der Waals surface area contributed by atoms with E-state index in [4.69, 9.17) is 10.2 Å². The molecule has 0 spiro atoms. The maximum absolute atomic E-state index is 12.8. The molecule has 0 saturated heterocycles. The van der Waals surface area contributed by atoms with Gasteiger partial charge < -0.3 is 10.2 Å². The van der Waals surface area contributed by atoms with Gasteiger partial charge in [0.1, 0.15) is 5.82 Å². The monoisotopic (exact) mass is 252 g/mol. The van der Waals surface area contributed by atoms with Gasteiger partial charge in [0.25, 0.3) is 0 Å².